The molecule has 0 spiro atoms. The van der Waals surface area contributed by atoms with E-state index in [0.29, 0.717) is 11.3 Å². The molecule has 0 unspecified atom stereocenters. The fourth-order valence-electron chi connectivity index (χ4n) is 0.966. The summed E-state index contributed by atoms with van der Waals surface area (Å²) in [6.07, 6.45) is 0. The predicted octanol–water partition coefficient (Wildman–Crippen LogP) is 1.76. The third-order valence-corrected chi connectivity index (χ3v) is 1.52. The van der Waals surface area contributed by atoms with Crippen molar-refractivity contribution in [3.05, 3.63) is 29.8 Å². The molecule has 1 N–H and O–H groups in total. The molecule has 1 aromatic carbocycles. The summed E-state index contributed by atoms with van der Waals surface area (Å²) in [5.74, 6) is 0.218. The SMILES string of the molecule is CO/N=C(/C)c1ccccc1O. The molecule has 1 rings (SSSR count). The summed E-state index contributed by atoms with van der Waals surface area (Å²) >= 11 is 0. The molecule has 0 aliphatic heterocycles. The van der Waals surface area contributed by atoms with Crippen LogP contribution in [0.15, 0.2) is 29.4 Å². The van der Waals surface area contributed by atoms with E-state index < -0.39 is 0 Å². The molecule has 3 nitrogen and oxygen atoms in total. The highest BCUT2D eigenvalue weighted by atomic mass is 16.6. The standard InChI is InChI=1S/C9H11NO2/c1-7(10-12-2)8-5-3-4-6-9(8)11/h3-6,11H,1-2H3/b10-7-. The third-order valence-electron chi connectivity index (χ3n) is 1.52. The zero-order valence-corrected chi connectivity index (χ0v) is 7.11. The molecule has 0 heterocycles. The molecule has 0 aliphatic carbocycles. The minimum Gasteiger partial charge on any atom is -0.507 e. The molecule has 0 aromatic heterocycles. The van der Waals surface area contributed by atoms with Crippen LogP contribution in [0.5, 0.6) is 5.75 Å². The molecule has 12 heavy (non-hydrogen) atoms. The van der Waals surface area contributed by atoms with E-state index in [1.165, 1.54) is 7.11 Å². The average Bonchev–Trinajstić information content (AvgIpc) is 2.05. The number of para-hydroxylation sites is 1. The highest BCUT2D eigenvalue weighted by molar-refractivity contribution is 6.00. The van der Waals surface area contributed by atoms with Crippen molar-refractivity contribution in [2.24, 2.45) is 5.16 Å². The van der Waals surface area contributed by atoms with Crippen LogP contribution in [-0.4, -0.2) is 17.9 Å². The van der Waals surface area contributed by atoms with Crippen LogP contribution in [0.25, 0.3) is 0 Å². The Balaban J connectivity index is 3.02. The highest BCUT2D eigenvalue weighted by Crippen LogP contribution is 2.16. The van der Waals surface area contributed by atoms with Crippen molar-refractivity contribution < 1.29 is 9.94 Å². The molecule has 0 saturated carbocycles. The van der Waals surface area contributed by atoms with Crippen molar-refractivity contribution in [3.8, 4) is 5.75 Å². The average molecular weight is 165 g/mol. The summed E-state index contributed by atoms with van der Waals surface area (Å²) in [4.78, 5) is 4.59. The van der Waals surface area contributed by atoms with Crippen LogP contribution < -0.4 is 0 Å². The van der Waals surface area contributed by atoms with Gasteiger partial charge in [0, 0.05) is 5.56 Å². The molecule has 64 valence electrons. The minimum atomic E-state index is 0.218. The Bertz CT molecular complexity index is 294. The largest absolute Gasteiger partial charge is 0.507 e. The lowest BCUT2D eigenvalue weighted by Gasteiger charge is -2.01. The van der Waals surface area contributed by atoms with Crippen molar-refractivity contribution in [1.82, 2.24) is 0 Å². The first-order valence-electron chi connectivity index (χ1n) is 3.62. The van der Waals surface area contributed by atoms with Gasteiger partial charge in [0.2, 0.25) is 0 Å². The predicted molar refractivity (Wildman–Crippen MR) is 47.3 cm³/mol. The topological polar surface area (TPSA) is 41.8 Å². The summed E-state index contributed by atoms with van der Waals surface area (Å²) < 4.78 is 0. The van der Waals surface area contributed by atoms with Crippen molar-refractivity contribution in [2.45, 2.75) is 6.92 Å². The van der Waals surface area contributed by atoms with Gasteiger partial charge in [0.25, 0.3) is 0 Å². The lowest BCUT2D eigenvalue weighted by Crippen LogP contribution is -1.95. The molecule has 0 radical (unpaired) electrons. The lowest BCUT2D eigenvalue weighted by molar-refractivity contribution is 0.213. The Labute approximate surface area is 71.3 Å². The second-order valence-corrected chi connectivity index (χ2v) is 2.38. The van der Waals surface area contributed by atoms with E-state index in [-0.39, 0.29) is 5.75 Å². The Morgan fingerprint density at radius 3 is 2.67 bits per heavy atom. The summed E-state index contributed by atoms with van der Waals surface area (Å²) in [6, 6.07) is 7.00. The molecule has 1 aromatic rings. The number of aromatic hydroxyl groups is 1. The molecule has 0 fully saturated rings. The number of rotatable bonds is 2. The summed E-state index contributed by atoms with van der Waals surface area (Å²) in [5.41, 5.74) is 1.36. The van der Waals surface area contributed by atoms with Crippen LogP contribution in [0.3, 0.4) is 0 Å². The molecule has 0 bridgehead atoms. The summed E-state index contributed by atoms with van der Waals surface area (Å²) in [6.45, 7) is 1.78. The van der Waals surface area contributed by atoms with Crippen LogP contribution in [0.4, 0.5) is 0 Å². The number of nitrogens with zero attached hydrogens (tertiary/aromatic N) is 1. The van der Waals surface area contributed by atoms with Gasteiger partial charge in [0.1, 0.15) is 12.9 Å². The smallest absolute Gasteiger partial charge is 0.124 e. The molecule has 0 saturated heterocycles. The molecule has 0 atom stereocenters. The number of oxime groups is 1. The second-order valence-electron chi connectivity index (χ2n) is 2.38. The summed E-state index contributed by atoms with van der Waals surface area (Å²) in [5, 5.41) is 13.1. The van der Waals surface area contributed by atoms with Gasteiger partial charge in [-0.25, -0.2) is 0 Å². The van der Waals surface area contributed by atoms with Crippen molar-refractivity contribution in [1.29, 1.82) is 0 Å². The second kappa shape index (κ2) is 3.76. The van der Waals surface area contributed by atoms with Crippen molar-refractivity contribution in [2.75, 3.05) is 7.11 Å². The van der Waals surface area contributed by atoms with Gasteiger partial charge in [-0.2, -0.15) is 0 Å². The first-order valence-corrected chi connectivity index (χ1v) is 3.62. The van der Waals surface area contributed by atoms with E-state index >= 15 is 0 Å². The number of benzene rings is 1. The van der Waals surface area contributed by atoms with Crippen molar-refractivity contribution in [3.63, 3.8) is 0 Å². The lowest BCUT2D eigenvalue weighted by atomic mass is 10.1. The third kappa shape index (κ3) is 1.75. The van der Waals surface area contributed by atoms with Gasteiger partial charge >= 0.3 is 0 Å². The van der Waals surface area contributed by atoms with Gasteiger partial charge in [-0.1, -0.05) is 17.3 Å². The Morgan fingerprint density at radius 1 is 1.42 bits per heavy atom. The van der Waals surface area contributed by atoms with Gasteiger partial charge in [-0.15, -0.1) is 0 Å². The number of phenols is 1. The Morgan fingerprint density at radius 2 is 2.08 bits per heavy atom. The highest BCUT2D eigenvalue weighted by Gasteiger charge is 2.02. The van der Waals surface area contributed by atoms with Gasteiger partial charge in [0.05, 0.1) is 5.71 Å². The molecule has 3 heteroatoms. The zero-order chi connectivity index (χ0) is 8.97. The van der Waals surface area contributed by atoms with Crippen LogP contribution in [0.2, 0.25) is 0 Å². The molecular formula is C9H11NO2. The van der Waals surface area contributed by atoms with Crippen LogP contribution >= 0.6 is 0 Å². The van der Waals surface area contributed by atoms with E-state index in [1.807, 2.05) is 6.07 Å². The monoisotopic (exact) mass is 165 g/mol. The number of phenolic OH excluding ortho intramolecular Hbond substituents is 1. The fraction of sp³-hybridized carbons (Fsp3) is 0.222. The maximum Gasteiger partial charge on any atom is 0.124 e. The van der Waals surface area contributed by atoms with Gasteiger partial charge in [0.15, 0.2) is 0 Å². The van der Waals surface area contributed by atoms with Crippen LogP contribution in [-0.2, 0) is 4.84 Å². The Kier molecular flexibility index (Phi) is 2.69. The van der Waals surface area contributed by atoms with Gasteiger partial charge in [-0.3, -0.25) is 0 Å². The number of hydrogen-bond donors (Lipinski definition) is 1. The maximum atomic E-state index is 9.37. The van der Waals surface area contributed by atoms with E-state index in [0.717, 1.165) is 0 Å². The molecule has 0 amide bonds. The fourth-order valence-corrected chi connectivity index (χ4v) is 0.966. The quantitative estimate of drug-likeness (QED) is 0.536. The number of hydrogen-bond acceptors (Lipinski definition) is 3. The van der Waals surface area contributed by atoms with Gasteiger partial charge in [-0.05, 0) is 19.1 Å². The van der Waals surface area contributed by atoms with Crippen molar-refractivity contribution >= 4 is 5.71 Å². The minimum absolute atomic E-state index is 0.218. The first kappa shape index (κ1) is 8.59. The zero-order valence-electron chi connectivity index (χ0n) is 7.11. The maximum absolute atomic E-state index is 9.37. The normalized spacial score (nSPS) is 11.3. The Hall–Kier alpha value is -1.51. The van der Waals surface area contributed by atoms with Crippen LogP contribution in [0, 0.1) is 0 Å². The van der Waals surface area contributed by atoms with E-state index in [9.17, 15) is 5.11 Å². The first-order chi connectivity index (χ1) is 5.75. The summed E-state index contributed by atoms with van der Waals surface area (Å²) in [7, 11) is 1.48. The van der Waals surface area contributed by atoms with E-state index in [4.69, 9.17) is 0 Å². The van der Waals surface area contributed by atoms with E-state index in [2.05, 4.69) is 9.99 Å². The van der Waals surface area contributed by atoms with E-state index in [1.54, 1.807) is 25.1 Å². The van der Waals surface area contributed by atoms with Crippen LogP contribution in [0.1, 0.15) is 12.5 Å². The molecular weight excluding hydrogens is 154 g/mol. The molecule has 0 aliphatic rings. The van der Waals surface area contributed by atoms with Gasteiger partial charge < -0.3 is 9.94 Å².